The molecule has 3 aromatic carbocycles. The fourth-order valence-electron chi connectivity index (χ4n) is 12.4. The van der Waals surface area contributed by atoms with Crippen molar-refractivity contribution in [2.45, 2.75) is 310 Å². The van der Waals surface area contributed by atoms with E-state index < -0.39 is 11.9 Å². The van der Waals surface area contributed by atoms with Crippen molar-refractivity contribution in [1.29, 1.82) is 0 Å². The first-order valence-electron chi connectivity index (χ1n) is 34.2. The van der Waals surface area contributed by atoms with Crippen molar-refractivity contribution in [1.82, 2.24) is 15.0 Å². The molecule has 3 heterocycles. The number of alkyl halides is 3. The van der Waals surface area contributed by atoms with Crippen LogP contribution in [0, 0.1) is 0 Å². The highest BCUT2D eigenvalue weighted by Gasteiger charge is 2.39. The van der Waals surface area contributed by atoms with Gasteiger partial charge in [-0.05, 0) is 198 Å². The van der Waals surface area contributed by atoms with Crippen molar-refractivity contribution in [2.75, 3.05) is 0 Å². The molecule has 0 atom stereocenters. The van der Waals surface area contributed by atoms with Gasteiger partial charge >= 0.3 is 6.18 Å². The fraction of sp³-hybridized carbons (Fsp3) is 0.593. The van der Waals surface area contributed by atoms with Gasteiger partial charge in [-0.1, -0.05) is 203 Å². The van der Waals surface area contributed by atoms with E-state index in [9.17, 15) is 42.9 Å². The Morgan fingerprint density at radius 3 is 0.849 bits per heavy atom. The smallest absolute Gasteiger partial charge is 0.431 e. The van der Waals surface area contributed by atoms with Gasteiger partial charge in [0.05, 0.1) is 17.1 Å². The molecule has 3 aliphatic carbocycles. The predicted octanol–water partition coefficient (Wildman–Crippen LogP) is 21.6. The minimum Gasteiger partial charge on any atom is -0.507 e. The van der Waals surface area contributed by atoms with Crippen LogP contribution < -0.4 is 0 Å². The normalized spacial score (nSPS) is 15.4. The highest BCUT2D eigenvalue weighted by Crippen LogP contribution is 2.48. The Bertz CT molecular complexity index is 3430. The molecule has 3 aliphatic rings. The summed E-state index contributed by atoms with van der Waals surface area (Å²) in [6.07, 6.45) is 4.74. The number of hydrogen-bond donors (Lipinski definition) is 6. The van der Waals surface area contributed by atoms with Crippen molar-refractivity contribution in [3.63, 3.8) is 0 Å². The molecular weight excluding hydrogens is 1170 g/mol. The van der Waals surface area contributed by atoms with Crippen LogP contribution in [0.3, 0.4) is 0 Å². The maximum atomic E-state index is 13.3. The van der Waals surface area contributed by atoms with Crippen LogP contribution in [0.2, 0.25) is 0 Å². The number of nitrogens with one attached hydrogen (secondary N) is 3. The molecule has 0 spiro atoms. The summed E-state index contributed by atoms with van der Waals surface area (Å²) in [7, 11) is 0. The van der Waals surface area contributed by atoms with Gasteiger partial charge in [0.1, 0.15) is 22.9 Å². The van der Waals surface area contributed by atoms with Gasteiger partial charge < -0.3 is 30.3 Å². The first kappa shape index (κ1) is 74.1. The topological polar surface area (TPSA) is 159 Å². The summed E-state index contributed by atoms with van der Waals surface area (Å²) in [5.74, 6) is 2.31. The summed E-state index contributed by atoms with van der Waals surface area (Å²) in [6, 6.07) is 17.7. The van der Waals surface area contributed by atoms with Gasteiger partial charge in [0, 0.05) is 36.1 Å². The number of aryl methyl sites for hydroxylation is 3. The number of phenols is 3. The Morgan fingerprint density at radius 1 is 0.344 bits per heavy atom. The predicted molar refractivity (Wildman–Crippen MR) is 375 cm³/mol. The Balaban J connectivity index is 0.000000198. The second kappa shape index (κ2) is 26.4. The first-order chi connectivity index (χ1) is 42.3. The molecule has 12 heteroatoms. The van der Waals surface area contributed by atoms with Crippen molar-refractivity contribution in [2.24, 2.45) is 0 Å². The maximum absolute atomic E-state index is 13.3. The van der Waals surface area contributed by atoms with Crippen LogP contribution in [-0.4, -0.2) is 47.6 Å². The van der Waals surface area contributed by atoms with Crippen molar-refractivity contribution < 1.29 is 42.9 Å². The highest BCUT2D eigenvalue weighted by molar-refractivity contribution is 5.98. The van der Waals surface area contributed by atoms with E-state index in [2.05, 4.69) is 176 Å². The van der Waals surface area contributed by atoms with Crippen LogP contribution in [0.4, 0.5) is 13.2 Å². The largest absolute Gasteiger partial charge is 0.507 e. The van der Waals surface area contributed by atoms with Crippen molar-refractivity contribution >= 4 is 17.3 Å². The minimum absolute atomic E-state index is 0.00233. The second-order valence-electron chi connectivity index (χ2n) is 35.7. The van der Waals surface area contributed by atoms with Gasteiger partial charge in [0.2, 0.25) is 0 Å². The van der Waals surface area contributed by atoms with E-state index in [0.29, 0.717) is 61.0 Å². The number of aromatic nitrogens is 3. The van der Waals surface area contributed by atoms with Crippen molar-refractivity contribution in [3.05, 3.63) is 156 Å². The number of H-pyrrole nitrogens is 3. The zero-order chi connectivity index (χ0) is 70.1. The van der Waals surface area contributed by atoms with Gasteiger partial charge in [0.15, 0.2) is 17.3 Å². The number of aromatic hydroxyl groups is 3. The van der Waals surface area contributed by atoms with Gasteiger partial charge in [0.25, 0.3) is 0 Å². The van der Waals surface area contributed by atoms with E-state index in [4.69, 9.17) is 0 Å². The molecule has 510 valence electrons. The summed E-state index contributed by atoms with van der Waals surface area (Å²) >= 11 is 0. The first-order valence-corrected chi connectivity index (χ1v) is 34.2. The molecule has 9 nitrogen and oxygen atoms in total. The van der Waals surface area contributed by atoms with E-state index in [1.165, 1.54) is 36.9 Å². The van der Waals surface area contributed by atoms with E-state index in [-0.39, 0.29) is 84.5 Å². The third kappa shape index (κ3) is 18.6. The monoisotopic (exact) mass is 1280 g/mol. The second-order valence-corrected chi connectivity index (χ2v) is 35.7. The van der Waals surface area contributed by atoms with E-state index in [0.717, 1.165) is 91.6 Å². The number of benzene rings is 3. The van der Waals surface area contributed by atoms with Gasteiger partial charge in [-0.2, -0.15) is 13.2 Å². The van der Waals surface area contributed by atoms with E-state index in [1.807, 2.05) is 53.7 Å². The molecule has 9 rings (SSSR count). The van der Waals surface area contributed by atoms with Crippen LogP contribution in [0.5, 0.6) is 17.2 Å². The molecule has 0 aliphatic heterocycles. The van der Waals surface area contributed by atoms with Crippen LogP contribution in [-0.2, 0) is 68.8 Å². The quantitative estimate of drug-likeness (QED) is 0.0562. The summed E-state index contributed by atoms with van der Waals surface area (Å²) in [5.41, 5.74) is 13.3. The average Bonchev–Trinajstić information content (AvgIpc) is 0.984. The molecule has 93 heavy (non-hydrogen) atoms. The summed E-state index contributed by atoms with van der Waals surface area (Å²) < 4.78 is 39.5. The number of rotatable bonds is 15. The zero-order valence-electron chi connectivity index (χ0n) is 61.1. The third-order valence-corrected chi connectivity index (χ3v) is 18.6. The number of aromatic amines is 3. The number of carbonyl (C=O) groups excluding carboxylic acids is 3. The number of hydrogen-bond acceptors (Lipinski definition) is 6. The molecule has 3 fully saturated rings. The fourth-order valence-corrected chi connectivity index (χ4v) is 12.4. The van der Waals surface area contributed by atoms with Crippen LogP contribution >= 0.6 is 0 Å². The Labute approximate surface area is 555 Å². The lowest BCUT2D eigenvalue weighted by atomic mass is 9.78. The Hall–Kier alpha value is -6.30. The standard InChI is InChI=1S/2C28H41NO2.C25H32F3NO2/c1-26(2,3)19-16-22(18-11-12-18)29-24(19)23(30)13-10-17-14-20(27(4,5)6)25(31)21(15-17)28(7,8)9;1-26(2,3)20-14-17(15-21(25(20)31)27(4,5)6)10-13-22(30)24-19(18-11-12-18)16-23(29-24)28(7,8)9;1-23(2,3)17-11-14(12-18(22(17)31)24(4,5)6)7-10-19(30)21-16(15-8-9-15)13-20(29-21)25(26,27)28/h2*14-16,18,29,31H,10-13H2,1-9H3;11-13,15,29,31H,7-10H2,1-6H3. The number of Topliss-reactive ketones (excluding diaryl/α,β-unsaturated/α-hetero) is 3. The molecule has 6 N–H and O–H groups in total. The lowest BCUT2D eigenvalue weighted by molar-refractivity contribution is -0.140. The Morgan fingerprint density at radius 2 is 0.602 bits per heavy atom. The molecule has 6 aromatic rings. The molecule has 0 bridgehead atoms. The number of halogens is 3. The number of phenolic OH excluding ortho intramolecular Hbond substituents is 3. The Kier molecular flexibility index (Phi) is 21.0. The average molecular weight is 1280 g/mol. The summed E-state index contributed by atoms with van der Waals surface area (Å²) in [6.45, 7) is 50.6. The van der Waals surface area contributed by atoms with E-state index >= 15 is 0 Å². The molecule has 3 aromatic heterocycles. The molecule has 0 unspecified atom stereocenters. The van der Waals surface area contributed by atoms with Crippen molar-refractivity contribution in [3.8, 4) is 17.2 Å². The lowest BCUT2D eigenvalue weighted by Crippen LogP contribution is -2.18. The van der Waals surface area contributed by atoms with Crippen LogP contribution in [0.25, 0.3) is 0 Å². The van der Waals surface area contributed by atoms with Crippen LogP contribution in [0.15, 0.2) is 54.6 Å². The molecule has 0 radical (unpaired) electrons. The SMILES string of the molecule is CC(C)(C)c1cc(C2CC2)[nH]c1C(=O)CCc1cc(C(C)(C)C)c(O)c(C(C)(C)C)c1.CC(C)(C)c1cc(C2CC2)c(C(=O)CCc2cc(C(C)(C)C)c(O)c(C(C)(C)C)c2)[nH]1.CC(C)(C)c1cc(CCC(=O)c2[nH]c(C(F)(F)F)cc2C2CC2)cc(C(C)(C)C)c1O. The molecule has 3 saturated carbocycles. The molecule has 0 saturated heterocycles. The number of ketones is 3. The zero-order valence-corrected chi connectivity index (χ0v) is 61.1. The minimum atomic E-state index is -4.50. The van der Waals surface area contributed by atoms with Gasteiger partial charge in [-0.3, -0.25) is 14.4 Å². The molecule has 0 amide bonds. The maximum Gasteiger partial charge on any atom is 0.431 e. The lowest BCUT2D eigenvalue weighted by Gasteiger charge is -2.28. The van der Waals surface area contributed by atoms with E-state index in [1.54, 1.807) is 0 Å². The number of carbonyl (C=O) groups is 3. The third-order valence-electron chi connectivity index (χ3n) is 18.6. The summed E-state index contributed by atoms with van der Waals surface area (Å²) in [5, 5.41) is 32.8. The van der Waals surface area contributed by atoms with Crippen LogP contribution in [0.1, 0.15) is 357 Å². The van der Waals surface area contributed by atoms with Gasteiger partial charge in [-0.25, -0.2) is 0 Å². The van der Waals surface area contributed by atoms with Gasteiger partial charge in [-0.15, -0.1) is 0 Å². The highest BCUT2D eigenvalue weighted by atomic mass is 19.4. The molecular formula is C81H114F3N3O6. The summed E-state index contributed by atoms with van der Waals surface area (Å²) in [4.78, 5) is 48.7.